The van der Waals surface area contributed by atoms with Gasteiger partial charge in [0.05, 0.1) is 31.7 Å². The molecule has 5 rings (SSSR count). The van der Waals surface area contributed by atoms with E-state index in [9.17, 15) is 18.0 Å². The Morgan fingerprint density at radius 1 is 1.16 bits per heavy atom. The summed E-state index contributed by atoms with van der Waals surface area (Å²) in [5.74, 6) is 0.414. The van der Waals surface area contributed by atoms with Crippen molar-refractivity contribution in [2.24, 2.45) is 0 Å². The molecule has 6 nitrogen and oxygen atoms in total. The molecule has 0 atom stereocenters. The van der Waals surface area contributed by atoms with Crippen LogP contribution in [0.4, 0.5) is 13.2 Å². The topological polar surface area (TPSA) is 69.9 Å². The molecule has 4 aromatic heterocycles. The van der Waals surface area contributed by atoms with Crippen LogP contribution in [0.3, 0.4) is 0 Å². The van der Waals surface area contributed by atoms with Gasteiger partial charge in [0.15, 0.2) is 16.6 Å². The largest absolute Gasteiger partial charge is 0.453 e. The SMILES string of the molecule is Cc1nc2c(cc(Oc3cnn(-c4ccc(C(F)(F)F)cn4)c(=O)c3Cl)c3ccsc32)s1. The molecule has 12 heteroatoms. The van der Waals surface area contributed by atoms with E-state index < -0.39 is 17.3 Å². The maximum Gasteiger partial charge on any atom is 0.417 e. The average molecular weight is 495 g/mol. The molecule has 0 fully saturated rings. The van der Waals surface area contributed by atoms with Crippen molar-refractivity contribution in [2.75, 3.05) is 0 Å². The van der Waals surface area contributed by atoms with Gasteiger partial charge in [0, 0.05) is 17.6 Å². The van der Waals surface area contributed by atoms with Gasteiger partial charge >= 0.3 is 6.18 Å². The summed E-state index contributed by atoms with van der Waals surface area (Å²) in [6.45, 7) is 1.92. The van der Waals surface area contributed by atoms with E-state index in [-0.39, 0.29) is 16.6 Å². The molecule has 0 bridgehead atoms. The zero-order chi connectivity index (χ0) is 22.6. The van der Waals surface area contributed by atoms with Gasteiger partial charge in [-0.3, -0.25) is 4.79 Å². The highest BCUT2D eigenvalue weighted by Crippen LogP contribution is 2.41. The van der Waals surface area contributed by atoms with Crippen LogP contribution in [0.25, 0.3) is 26.1 Å². The number of rotatable bonds is 3. The van der Waals surface area contributed by atoms with Gasteiger partial charge < -0.3 is 4.74 Å². The normalized spacial score (nSPS) is 12.0. The molecule has 0 aliphatic rings. The number of halogens is 4. The minimum Gasteiger partial charge on any atom is -0.453 e. The second-order valence-electron chi connectivity index (χ2n) is 6.66. The summed E-state index contributed by atoms with van der Waals surface area (Å²) in [4.78, 5) is 21.0. The number of alkyl halides is 3. The average Bonchev–Trinajstić information content (AvgIpc) is 3.37. The number of thiophene rings is 1. The molecule has 0 radical (unpaired) electrons. The monoisotopic (exact) mass is 494 g/mol. The van der Waals surface area contributed by atoms with Gasteiger partial charge in [-0.25, -0.2) is 9.97 Å². The third-order valence-electron chi connectivity index (χ3n) is 4.57. The molecular weight excluding hydrogens is 485 g/mol. The molecule has 32 heavy (non-hydrogen) atoms. The third-order valence-corrected chi connectivity index (χ3v) is 6.75. The number of aryl methyl sites for hydroxylation is 1. The van der Waals surface area contributed by atoms with Crippen molar-refractivity contribution in [3.05, 3.63) is 68.0 Å². The molecule has 162 valence electrons. The maximum absolute atomic E-state index is 12.7. The van der Waals surface area contributed by atoms with Crippen LogP contribution in [0.1, 0.15) is 10.6 Å². The fourth-order valence-electron chi connectivity index (χ4n) is 3.12. The van der Waals surface area contributed by atoms with Gasteiger partial charge in [0.1, 0.15) is 5.75 Å². The van der Waals surface area contributed by atoms with E-state index in [2.05, 4.69) is 15.1 Å². The predicted molar refractivity (Wildman–Crippen MR) is 117 cm³/mol. The quantitative estimate of drug-likeness (QED) is 0.297. The molecule has 1 aromatic carbocycles. The Labute approximate surface area is 190 Å². The lowest BCUT2D eigenvalue weighted by molar-refractivity contribution is -0.137. The van der Waals surface area contributed by atoms with Gasteiger partial charge in [0.2, 0.25) is 0 Å². The number of aromatic nitrogens is 4. The van der Waals surface area contributed by atoms with E-state index in [0.717, 1.165) is 42.1 Å². The van der Waals surface area contributed by atoms with Crippen molar-refractivity contribution in [3.63, 3.8) is 0 Å². The fourth-order valence-corrected chi connectivity index (χ4v) is 5.12. The van der Waals surface area contributed by atoms with Gasteiger partial charge in [-0.1, -0.05) is 11.6 Å². The maximum atomic E-state index is 12.7. The van der Waals surface area contributed by atoms with Crippen LogP contribution in [0.15, 0.2) is 46.8 Å². The fraction of sp³-hybridized carbons (Fsp3) is 0.100. The van der Waals surface area contributed by atoms with Crippen molar-refractivity contribution in [3.8, 4) is 17.3 Å². The van der Waals surface area contributed by atoms with Crippen LogP contribution >= 0.6 is 34.3 Å². The summed E-state index contributed by atoms with van der Waals surface area (Å²) >= 11 is 9.28. The highest BCUT2D eigenvalue weighted by Gasteiger charge is 2.30. The first kappa shape index (κ1) is 20.9. The number of hydrogen-bond donors (Lipinski definition) is 0. The Hall–Kier alpha value is -3.02. The first-order valence-corrected chi connectivity index (χ1v) is 11.1. The molecule has 4 heterocycles. The van der Waals surface area contributed by atoms with E-state index >= 15 is 0 Å². The first-order chi connectivity index (χ1) is 15.2. The third kappa shape index (κ3) is 3.51. The Morgan fingerprint density at radius 3 is 2.69 bits per heavy atom. The summed E-state index contributed by atoms with van der Waals surface area (Å²) in [7, 11) is 0. The number of pyridine rings is 1. The Morgan fingerprint density at radius 2 is 1.97 bits per heavy atom. The van der Waals surface area contributed by atoms with Crippen molar-refractivity contribution in [2.45, 2.75) is 13.1 Å². The van der Waals surface area contributed by atoms with Gasteiger partial charge in [-0.05, 0) is 30.5 Å². The lowest BCUT2D eigenvalue weighted by atomic mass is 10.2. The minimum absolute atomic E-state index is 0.0212. The lowest BCUT2D eigenvalue weighted by Crippen LogP contribution is -2.23. The van der Waals surface area contributed by atoms with Crippen LogP contribution in [0, 0.1) is 6.92 Å². The molecule has 0 amide bonds. The van der Waals surface area contributed by atoms with Crippen LogP contribution in [-0.2, 0) is 6.18 Å². The number of benzene rings is 1. The molecule has 0 N–H and O–H groups in total. The van der Waals surface area contributed by atoms with E-state index in [0.29, 0.717) is 11.9 Å². The van der Waals surface area contributed by atoms with E-state index in [4.69, 9.17) is 16.3 Å². The number of hydrogen-bond acceptors (Lipinski definition) is 7. The zero-order valence-corrected chi connectivity index (χ0v) is 18.4. The smallest absolute Gasteiger partial charge is 0.417 e. The molecule has 0 saturated carbocycles. The van der Waals surface area contributed by atoms with Crippen molar-refractivity contribution >= 4 is 54.6 Å². The molecule has 0 aliphatic heterocycles. The molecule has 0 spiro atoms. The number of ether oxygens (including phenoxy) is 1. The molecule has 5 aromatic rings. The summed E-state index contributed by atoms with van der Waals surface area (Å²) in [6, 6.07) is 5.57. The minimum atomic E-state index is -4.54. The lowest BCUT2D eigenvalue weighted by Gasteiger charge is -2.11. The van der Waals surface area contributed by atoms with E-state index in [1.807, 2.05) is 24.4 Å². The molecular formula is C20H10ClF3N4O2S2. The molecule has 0 unspecified atom stereocenters. The highest BCUT2D eigenvalue weighted by atomic mass is 35.5. The van der Waals surface area contributed by atoms with Crippen molar-refractivity contribution in [1.29, 1.82) is 0 Å². The molecule has 0 saturated heterocycles. The number of fused-ring (bicyclic) bond motifs is 3. The van der Waals surface area contributed by atoms with Crippen LogP contribution in [0.5, 0.6) is 11.5 Å². The van der Waals surface area contributed by atoms with Gasteiger partial charge in [-0.2, -0.15) is 23.0 Å². The van der Waals surface area contributed by atoms with E-state index in [1.54, 1.807) is 0 Å². The second-order valence-corrected chi connectivity index (χ2v) is 9.19. The Bertz CT molecular complexity index is 1540. The predicted octanol–water partition coefficient (Wildman–Crippen LogP) is 6.22. The van der Waals surface area contributed by atoms with Crippen molar-refractivity contribution < 1.29 is 17.9 Å². The summed E-state index contributed by atoms with van der Waals surface area (Å²) < 4.78 is 46.9. The van der Waals surface area contributed by atoms with Crippen LogP contribution in [0.2, 0.25) is 5.02 Å². The molecule has 0 aliphatic carbocycles. The Kier molecular flexibility index (Phi) is 4.91. The van der Waals surface area contributed by atoms with Gasteiger partial charge in [0.25, 0.3) is 5.56 Å². The summed E-state index contributed by atoms with van der Waals surface area (Å²) in [5, 5.41) is 7.35. The highest BCUT2D eigenvalue weighted by molar-refractivity contribution is 7.21. The Balaban J connectivity index is 1.54. The summed E-state index contributed by atoms with van der Waals surface area (Å²) in [6.07, 6.45) is -2.69. The number of thiazole rings is 1. The van der Waals surface area contributed by atoms with E-state index in [1.165, 1.54) is 28.9 Å². The van der Waals surface area contributed by atoms with Crippen LogP contribution < -0.4 is 10.3 Å². The second kappa shape index (κ2) is 7.54. The number of nitrogens with zero attached hydrogens (tertiary/aromatic N) is 4. The van der Waals surface area contributed by atoms with Crippen molar-refractivity contribution in [1.82, 2.24) is 19.7 Å². The summed E-state index contributed by atoms with van der Waals surface area (Å²) in [5.41, 5.74) is -0.820. The van der Waals surface area contributed by atoms with Crippen LogP contribution in [-0.4, -0.2) is 19.7 Å². The van der Waals surface area contributed by atoms with Gasteiger partial charge in [-0.15, -0.1) is 22.7 Å². The zero-order valence-electron chi connectivity index (χ0n) is 16.0. The standard InChI is InChI=1S/C20H10ClF3N4O2S2/c1-9-27-17-14(32-9)6-12(11-4-5-31-18(11)17)30-13-8-26-28(19(29)16(13)21)15-3-2-10(7-25-15)20(22,23)24/h2-8H,1H3. The first-order valence-electron chi connectivity index (χ1n) is 8.99.